The molecule has 6 nitrogen and oxygen atoms in total. The number of ether oxygens (including phenoxy) is 2. The zero-order valence-electron chi connectivity index (χ0n) is 21.8. The number of methoxy groups -OCH3 is 2. The van der Waals surface area contributed by atoms with E-state index in [9.17, 15) is 14.7 Å². The number of carbonyl (C=O) groups excluding carboxylic acids is 2. The predicted octanol–water partition coefficient (Wildman–Crippen LogP) is 6.59. The summed E-state index contributed by atoms with van der Waals surface area (Å²) < 4.78 is 10.8. The Bertz CT molecular complexity index is 1420. The number of nitrogens with zero attached hydrogens (tertiary/aromatic N) is 1. The average Bonchev–Trinajstić information content (AvgIpc) is 3.12. The van der Waals surface area contributed by atoms with Crippen molar-refractivity contribution in [3.8, 4) is 11.5 Å². The van der Waals surface area contributed by atoms with E-state index in [1.165, 1.54) is 19.1 Å². The quantitative estimate of drug-likeness (QED) is 0.234. The zero-order chi connectivity index (χ0) is 27.1. The van der Waals surface area contributed by atoms with Gasteiger partial charge in [0.1, 0.15) is 17.3 Å². The molecule has 1 fully saturated rings. The number of carbonyl (C=O) groups is 2. The summed E-state index contributed by atoms with van der Waals surface area (Å²) in [4.78, 5) is 28.4. The number of benzene rings is 3. The molecule has 4 rings (SSSR count). The molecule has 7 heteroatoms. The highest BCUT2D eigenvalue weighted by Gasteiger charge is 2.47. The fraction of sp³-hybridized carbons (Fsp3) is 0.267. The first kappa shape index (κ1) is 26.3. The van der Waals surface area contributed by atoms with Gasteiger partial charge >= 0.3 is 0 Å². The second-order valence-corrected chi connectivity index (χ2v) is 10.5. The lowest BCUT2D eigenvalue weighted by Crippen LogP contribution is -2.29. The van der Waals surface area contributed by atoms with Gasteiger partial charge in [0.05, 0.1) is 36.4 Å². The highest BCUT2D eigenvalue weighted by molar-refractivity contribution is 6.52. The van der Waals surface area contributed by atoms with Crippen LogP contribution in [-0.4, -0.2) is 31.0 Å². The van der Waals surface area contributed by atoms with Crippen molar-refractivity contribution in [1.29, 1.82) is 0 Å². The lowest BCUT2D eigenvalue weighted by Gasteiger charge is -2.26. The van der Waals surface area contributed by atoms with Crippen LogP contribution in [0.1, 0.15) is 49.1 Å². The van der Waals surface area contributed by atoms with Crippen LogP contribution in [0, 0.1) is 6.92 Å². The Morgan fingerprint density at radius 1 is 0.946 bits per heavy atom. The van der Waals surface area contributed by atoms with Crippen LogP contribution in [0.4, 0.5) is 5.69 Å². The molecule has 1 atom stereocenters. The van der Waals surface area contributed by atoms with Crippen molar-refractivity contribution in [2.45, 2.75) is 39.2 Å². The molecule has 1 saturated heterocycles. The summed E-state index contributed by atoms with van der Waals surface area (Å²) in [5.41, 5.74) is 3.09. The fourth-order valence-corrected chi connectivity index (χ4v) is 4.82. The van der Waals surface area contributed by atoms with Crippen molar-refractivity contribution < 1.29 is 24.2 Å². The van der Waals surface area contributed by atoms with E-state index in [1.54, 1.807) is 30.3 Å². The average molecular weight is 520 g/mol. The first-order chi connectivity index (χ1) is 17.5. The Labute approximate surface area is 222 Å². The van der Waals surface area contributed by atoms with Crippen LogP contribution in [0.25, 0.3) is 5.76 Å². The third kappa shape index (κ3) is 4.81. The number of aliphatic hydroxyl groups is 1. The molecule has 0 aliphatic carbocycles. The van der Waals surface area contributed by atoms with Crippen LogP contribution in [0.3, 0.4) is 0 Å². The molecular weight excluding hydrogens is 490 g/mol. The molecule has 0 radical (unpaired) electrons. The molecule has 3 aromatic carbocycles. The second-order valence-electron chi connectivity index (χ2n) is 10.1. The molecule has 1 amide bonds. The molecule has 1 N–H and O–H groups in total. The van der Waals surface area contributed by atoms with Gasteiger partial charge < -0.3 is 14.6 Å². The normalized spacial score (nSPS) is 17.3. The monoisotopic (exact) mass is 519 g/mol. The SMILES string of the molecule is COc1ccc(N2C(=O)C(=O)/C(=C(/O)c3cc(C(C)(C)C)ccc3OC)C2c2cccc(C)c2)cc1Cl. The standard InChI is InChI=1S/C30H30ClNO5/c1-17-8-7-9-18(14-17)26-25(27(33)21-15-19(30(2,3)4)10-12-23(21)36-5)28(34)29(35)32(26)20-11-13-24(37-6)22(31)16-20/h7-16,26,33H,1-6H3/b27-25+. The maximum Gasteiger partial charge on any atom is 0.300 e. The molecular formula is C30H30ClNO5. The molecule has 1 heterocycles. The molecule has 1 unspecified atom stereocenters. The largest absolute Gasteiger partial charge is 0.507 e. The van der Waals surface area contributed by atoms with E-state index >= 15 is 0 Å². The molecule has 1 aliphatic rings. The smallest absolute Gasteiger partial charge is 0.300 e. The van der Waals surface area contributed by atoms with Crippen molar-refractivity contribution in [3.63, 3.8) is 0 Å². The summed E-state index contributed by atoms with van der Waals surface area (Å²) in [6.45, 7) is 8.09. The van der Waals surface area contributed by atoms with Gasteiger partial charge in [-0.2, -0.15) is 0 Å². The van der Waals surface area contributed by atoms with E-state index in [1.807, 2.05) is 37.3 Å². The summed E-state index contributed by atoms with van der Waals surface area (Å²) in [6, 6.07) is 17.0. The summed E-state index contributed by atoms with van der Waals surface area (Å²) in [5, 5.41) is 12.0. The van der Waals surface area contributed by atoms with E-state index < -0.39 is 17.7 Å². The van der Waals surface area contributed by atoms with E-state index in [0.717, 1.165) is 11.1 Å². The van der Waals surface area contributed by atoms with Crippen molar-refractivity contribution in [2.75, 3.05) is 19.1 Å². The second kappa shape index (κ2) is 9.94. The fourth-order valence-electron chi connectivity index (χ4n) is 4.56. The van der Waals surface area contributed by atoms with E-state index in [0.29, 0.717) is 33.3 Å². The van der Waals surface area contributed by atoms with Crippen LogP contribution < -0.4 is 14.4 Å². The van der Waals surface area contributed by atoms with Crippen LogP contribution in [0.2, 0.25) is 5.02 Å². The molecule has 0 spiro atoms. The van der Waals surface area contributed by atoms with Crippen LogP contribution in [0.15, 0.2) is 66.2 Å². The molecule has 37 heavy (non-hydrogen) atoms. The Balaban J connectivity index is 2.00. The maximum atomic E-state index is 13.6. The van der Waals surface area contributed by atoms with Gasteiger partial charge in [-0.1, -0.05) is 68.3 Å². The van der Waals surface area contributed by atoms with E-state index in [2.05, 4.69) is 20.8 Å². The van der Waals surface area contributed by atoms with Gasteiger partial charge in [-0.15, -0.1) is 0 Å². The van der Waals surface area contributed by atoms with Gasteiger partial charge in [0, 0.05) is 5.69 Å². The molecule has 3 aromatic rings. The van der Waals surface area contributed by atoms with E-state index in [4.69, 9.17) is 21.1 Å². The Kier molecular flexibility index (Phi) is 7.07. The number of ketones is 1. The lowest BCUT2D eigenvalue weighted by atomic mass is 9.85. The van der Waals surface area contributed by atoms with Crippen LogP contribution >= 0.6 is 11.6 Å². The highest BCUT2D eigenvalue weighted by Crippen LogP contribution is 2.45. The minimum absolute atomic E-state index is 0.0214. The predicted molar refractivity (Wildman–Crippen MR) is 146 cm³/mol. The van der Waals surface area contributed by atoms with Gasteiger partial charge in [-0.05, 0) is 53.8 Å². The minimum atomic E-state index is -0.882. The van der Waals surface area contributed by atoms with Crippen molar-refractivity contribution in [1.82, 2.24) is 0 Å². The Morgan fingerprint density at radius 3 is 2.22 bits per heavy atom. The van der Waals surface area contributed by atoms with E-state index in [-0.39, 0.29) is 16.7 Å². The molecule has 0 bridgehead atoms. The van der Waals surface area contributed by atoms with Crippen molar-refractivity contribution in [3.05, 3.63) is 93.5 Å². The minimum Gasteiger partial charge on any atom is -0.507 e. The molecule has 0 saturated carbocycles. The van der Waals surface area contributed by atoms with Crippen molar-refractivity contribution >= 4 is 34.7 Å². The number of anilines is 1. The summed E-state index contributed by atoms with van der Waals surface area (Å²) in [7, 11) is 3.00. The summed E-state index contributed by atoms with van der Waals surface area (Å²) in [6.07, 6.45) is 0. The molecule has 0 aromatic heterocycles. The number of hydrogen-bond donors (Lipinski definition) is 1. The third-order valence-corrected chi connectivity index (χ3v) is 6.83. The summed E-state index contributed by atoms with van der Waals surface area (Å²) >= 11 is 6.38. The van der Waals surface area contributed by atoms with Crippen molar-refractivity contribution in [2.24, 2.45) is 0 Å². The number of rotatable bonds is 5. The van der Waals surface area contributed by atoms with Gasteiger partial charge in [0.15, 0.2) is 0 Å². The lowest BCUT2D eigenvalue weighted by molar-refractivity contribution is -0.132. The molecule has 192 valence electrons. The first-order valence-corrected chi connectivity index (χ1v) is 12.3. The number of aliphatic hydroxyl groups excluding tert-OH is 1. The number of aryl methyl sites for hydroxylation is 1. The number of amides is 1. The third-order valence-electron chi connectivity index (χ3n) is 6.54. The van der Waals surface area contributed by atoms with Gasteiger partial charge in [-0.25, -0.2) is 0 Å². The first-order valence-electron chi connectivity index (χ1n) is 11.9. The number of Topliss-reactive ketones (excluding diaryl/α,β-unsaturated/α-hetero) is 1. The summed E-state index contributed by atoms with van der Waals surface area (Å²) in [5.74, 6) is -1.01. The van der Waals surface area contributed by atoms with Gasteiger partial charge in [0.2, 0.25) is 0 Å². The number of hydrogen-bond acceptors (Lipinski definition) is 5. The maximum absolute atomic E-state index is 13.6. The molecule has 1 aliphatic heterocycles. The number of halogens is 1. The zero-order valence-corrected chi connectivity index (χ0v) is 22.5. The van der Waals surface area contributed by atoms with Crippen LogP contribution in [0.5, 0.6) is 11.5 Å². The Morgan fingerprint density at radius 2 is 1.62 bits per heavy atom. The van der Waals surface area contributed by atoms with Crippen LogP contribution in [-0.2, 0) is 15.0 Å². The topological polar surface area (TPSA) is 76.1 Å². The van der Waals surface area contributed by atoms with Gasteiger partial charge in [-0.3, -0.25) is 14.5 Å². The van der Waals surface area contributed by atoms with Gasteiger partial charge in [0.25, 0.3) is 11.7 Å². The Hall–Kier alpha value is -3.77. The highest BCUT2D eigenvalue weighted by atomic mass is 35.5.